The van der Waals surface area contributed by atoms with E-state index in [2.05, 4.69) is 10.6 Å². The van der Waals surface area contributed by atoms with Gasteiger partial charge in [0.05, 0.1) is 5.02 Å². The molecule has 126 valence electrons. The van der Waals surface area contributed by atoms with Gasteiger partial charge in [-0.15, -0.1) is 0 Å². The Hall–Kier alpha value is -2.60. The quantitative estimate of drug-likeness (QED) is 0.807. The Balaban J connectivity index is 1.85. The highest BCUT2D eigenvalue weighted by Crippen LogP contribution is 2.19. The summed E-state index contributed by atoms with van der Waals surface area (Å²) in [5, 5.41) is 5.19. The molecule has 1 atom stereocenters. The lowest BCUT2D eigenvalue weighted by Crippen LogP contribution is -2.41. The molecule has 2 aromatic carbocycles. The van der Waals surface area contributed by atoms with Crippen LogP contribution in [0.3, 0.4) is 0 Å². The summed E-state index contributed by atoms with van der Waals surface area (Å²) in [4.78, 5) is 23.7. The first-order valence-corrected chi connectivity index (χ1v) is 7.57. The van der Waals surface area contributed by atoms with Crippen LogP contribution in [0, 0.1) is 5.82 Å². The van der Waals surface area contributed by atoms with E-state index in [0.717, 1.165) is 0 Å². The first-order valence-electron chi connectivity index (χ1n) is 7.19. The van der Waals surface area contributed by atoms with Crippen LogP contribution in [0.25, 0.3) is 0 Å². The molecule has 0 aliphatic carbocycles. The zero-order valence-corrected chi connectivity index (χ0v) is 13.6. The number of carbonyl (C=O) groups is 2. The molecular weight excluding hydrogens is 335 g/mol. The predicted octanol–water partition coefficient (Wildman–Crippen LogP) is 3.73. The predicted molar refractivity (Wildman–Crippen MR) is 89.3 cm³/mol. The van der Waals surface area contributed by atoms with Crippen molar-refractivity contribution < 1.29 is 18.7 Å². The van der Waals surface area contributed by atoms with Crippen LogP contribution >= 0.6 is 11.6 Å². The molecule has 2 amide bonds. The highest BCUT2D eigenvalue weighted by atomic mass is 35.5. The van der Waals surface area contributed by atoms with Crippen molar-refractivity contribution in [2.24, 2.45) is 0 Å². The average molecular weight is 351 g/mol. The number of hydrogen-bond acceptors (Lipinski definition) is 3. The van der Waals surface area contributed by atoms with Crippen LogP contribution in [0.2, 0.25) is 5.02 Å². The average Bonchev–Trinajstić information content (AvgIpc) is 2.55. The lowest BCUT2D eigenvalue weighted by Gasteiger charge is -2.14. The Kier molecular flexibility index (Phi) is 6.14. The van der Waals surface area contributed by atoms with Gasteiger partial charge in [-0.05, 0) is 31.2 Å². The standard InChI is InChI=1S/C17H16ClFN2O3/c1-11(20-17(23)21-12-6-3-2-4-7-12)16(22)24-10-13-14(18)8-5-9-15(13)19/h2-9,11H,10H2,1H3,(H2,20,21,23)/t11-/m0/s1. The van der Waals surface area contributed by atoms with Crippen molar-refractivity contribution in [3.05, 3.63) is 64.9 Å². The molecule has 2 aromatic rings. The van der Waals surface area contributed by atoms with E-state index in [0.29, 0.717) is 5.69 Å². The van der Waals surface area contributed by atoms with Crippen LogP contribution in [0.5, 0.6) is 0 Å². The number of benzene rings is 2. The van der Waals surface area contributed by atoms with Gasteiger partial charge < -0.3 is 15.4 Å². The molecule has 0 spiro atoms. The number of rotatable bonds is 5. The Labute approximate surface area is 143 Å². The number of hydrogen-bond donors (Lipinski definition) is 2. The van der Waals surface area contributed by atoms with Crippen molar-refractivity contribution in [3.63, 3.8) is 0 Å². The number of ether oxygens (including phenoxy) is 1. The normalized spacial score (nSPS) is 11.5. The second kappa shape index (κ2) is 8.31. The molecule has 0 radical (unpaired) electrons. The molecule has 2 N–H and O–H groups in total. The largest absolute Gasteiger partial charge is 0.459 e. The fraction of sp³-hybridized carbons (Fsp3) is 0.176. The Morgan fingerprint density at radius 1 is 1.17 bits per heavy atom. The maximum atomic E-state index is 13.6. The van der Waals surface area contributed by atoms with Crippen LogP contribution in [0.15, 0.2) is 48.5 Å². The van der Waals surface area contributed by atoms with Gasteiger partial charge in [0.1, 0.15) is 18.5 Å². The summed E-state index contributed by atoms with van der Waals surface area (Å²) in [5.74, 6) is -1.25. The van der Waals surface area contributed by atoms with E-state index < -0.39 is 23.9 Å². The van der Waals surface area contributed by atoms with E-state index in [1.807, 2.05) is 6.07 Å². The highest BCUT2D eigenvalue weighted by molar-refractivity contribution is 6.31. The number of amides is 2. The number of carbonyl (C=O) groups excluding carboxylic acids is 2. The molecule has 0 aromatic heterocycles. The zero-order chi connectivity index (χ0) is 17.5. The van der Waals surface area contributed by atoms with Gasteiger partial charge in [-0.2, -0.15) is 0 Å². The Morgan fingerprint density at radius 2 is 1.88 bits per heavy atom. The fourth-order valence-corrected chi connectivity index (χ4v) is 2.10. The van der Waals surface area contributed by atoms with Gasteiger partial charge in [0.25, 0.3) is 0 Å². The number of para-hydroxylation sites is 1. The zero-order valence-electron chi connectivity index (χ0n) is 12.9. The van der Waals surface area contributed by atoms with Crippen molar-refractivity contribution >= 4 is 29.3 Å². The number of nitrogens with one attached hydrogen (secondary N) is 2. The first-order chi connectivity index (χ1) is 11.5. The van der Waals surface area contributed by atoms with Gasteiger partial charge in [-0.25, -0.2) is 14.0 Å². The number of urea groups is 1. The summed E-state index contributed by atoms with van der Waals surface area (Å²) < 4.78 is 18.6. The van der Waals surface area contributed by atoms with Crippen LogP contribution in [-0.2, 0) is 16.1 Å². The molecule has 0 unspecified atom stereocenters. The number of anilines is 1. The molecule has 7 heteroatoms. The second-order valence-corrected chi connectivity index (χ2v) is 5.40. The minimum Gasteiger partial charge on any atom is -0.459 e. The Bertz CT molecular complexity index is 705. The van der Waals surface area contributed by atoms with E-state index >= 15 is 0 Å². The topological polar surface area (TPSA) is 67.4 Å². The summed E-state index contributed by atoms with van der Waals surface area (Å²) >= 11 is 5.86. The van der Waals surface area contributed by atoms with Crippen LogP contribution in [0.4, 0.5) is 14.9 Å². The summed E-state index contributed by atoms with van der Waals surface area (Å²) in [7, 11) is 0. The second-order valence-electron chi connectivity index (χ2n) is 4.99. The maximum absolute atomic E-state index is 13.6. The van der Waals surface area contributed by atoms with E-state index in [-0.39, 0.29) is 17.2 Å². The third-order valence-corrected chi connectivity index (χ3v) is 3.51. The monoisotopic (exact) mass is 350 g/mol. The fourth-order valence-electron chi connectivity index (χ4n) is 1.88. The maximum Gasteiger partial charge on any atom is 0.328 e. The molecule has 0 saturated carbocycles. The minimum absolute atomic E-state index is 0.0912. The summed E-state index contributed by atoms with van der Waals surface area (Å²) in [6.07, 6.45) is 0. The molecule has 0 saturated heterocycles. The molecule has 0 aliphatic rings. The molecule has 0 bridgehead atoms. The molecular formula is C17H16ClFN2O3. The summed E-state index contributed by atoms with van der Waals surface area (Å²) in [6, 6.07) is 11.5. The van der Waals surface area contributed by atoms with Crippen LogP contribution < -0.4 is 10.6 Å². The SMILES string of the molecule is C[C@H](NC(=O)Nc1ccccc1)C(=O)OCc1c(F)cccc1Cl. The van der Waals surface area contributed by atoms with E-state index in [9.17, 15) is 14.0 Å². The number of esters is 1. The van der Waals surface area contributed by atoms with Crippen molar-refractivity contribution in [3.8, 4) is 0 Å². The van der Waals surface area contributed by atoms with E-state index in [4.69, 9.17) is 16.3 Å². The van der Waals surface area contributed by atoms with Crippen molar-refractivity contribution in [2.75, 3.05) is 5.32 Å². The Morgan fingerprint density at radius 3 is 2.54 bits per heavy atom. The lowest BCUT2D eigenvalue weighted by molar-refractivity contribution is -0.146. The van der Waals surface area contributed by atoms with Crippen molar-refractivity contribution in [1.82, 2.24) is 5.32 Å². The molecule has 0 fully saturated rings. The third kappa shape index (κ3) is 4.96. The van der Waals surface area contributed by atoms with E-state index in [1.165, 1.54) is 25.1 Å². The number of halogens is 2. The summed E-state index contributed by atoms with van der Waals surface area (Å²) in [6.45, 7) is 1.16. The van der Waals surface area contributed by atoms with Crippen LogP contribution in [0.1, 0.15) is 12.5 Å². The smallest absolute Gasteiger partial charge is 0.328 e. The van der Waals surface area contributed by atoms with Gasteiger partial charge in [0.15, 0.2) is 0 Å². The molecule has 2 rings (SSSR count). The highest BCUT2D eigenvalue weighted by Gasteiger charge is 2.18. The third-order valence-electron chi connectivity index (χ3n) is 3.15. The van der Waals surface area contributed by atoms with Crippen molar-refractivity contribution in [2.45, 2.75) is 19.6 Å². The van der Waals surface area contributed by atoms with Gasteiger partial charge in [0, 0.05) is 11.3 Å². The minimum atomic E-state index is -0.903. The summed E-state index contributed by atoms with van der Waals surface area (Å²) in [5.41, 5.74) is 0.683. The molecule has 24 heavy (non-hydrogen) atoms. The van der Waals surface area contributed by atoms with Gasteiger partial charge in [0.2, 0.25) is 0 Å². The molecule has 0 aliphatic heterocycles. The van der Waals surface area contributed by atoms with Gasteiger partial charge in [-0.3, -0.25) is 0 Å². The lowest BCUT2D eigenvalue weighted by atomic mass is 10.2. The van der Waals surface area contributed by atoms with E-state index in [1.54, 1.807) is 24.3 Å². The molecule has 5 nitrogen and oxygen atoms in total. The van der Waals surface area contributed by atoms with Gasteiger partial charge in [-0.1, -0.05) is 35.9 Å². The van der Waals surface area contributed by atoms with Crippen LogP contribution in [-0.4, -0.2) is 18.0 Å². The molecule has 0 heterocycles. The first kappa shape index (κ1) is 17.7. The van der Waals surface area contributed by atoms with Crippen molar-refractivity contribution in [1.29, 1.82) is 0 Å². The van der Waals surface area contributed by atoms with Gasteiger partial charge >= 0.3 is 12.0 Å².